The summed E-state index contributed by atoms with van der Waals surface area (Å²) in [6.45, 7) is 14.4. The highest BCUT2D eigenvalue weighted by molar-refractivity contribution is 6.90. The van der Waals surface area contributed by atoms with Gasteiger partial charge >= 0.3 is 0 Å². The maximum absolute atomic E-state index is 4.03. The van der Waals surface area contributed by atoms with Crippen LogP contribution in [0.25, 0.3) is 21.5 Å². The highest BCUT2D eigenvalue weighted by Gasteiger charge is 2.41. The van der Waals surface area contributed by atoms with E-state index in [0.29, 0.717) is 16.6 Å². The lowest BCUT2D eigenvalue weighted by Gasteiger charge is -2.38. The summed E-state index contributed by atoms with van der Waals surface area (Å²) >= 11 is 0. The molecule has 0 nitrogen and oxygen atoms in total. The molecular formula is C32H36Si. The standard InChI is InChI=1S/C32H36Si/c1-23(2)33(24(3)4,25(5)6)21-20-29(26-14-8-7-9-15-26)32-22-27-16-10-11-17-28(27)30-18-12-13-19-31(30)32/h7-19,22-25,29H,1-6H3. The highest BCUT2D eigenvalue weighted by atomic mass is 28.3. The molecule has 168 valence electrons. The molecule has 0 saturated carbocycles. The Balaban J connectivity index is 2.02. The van der Waals surface area contributed by atoms with E-state index in [2.05, 4.69) is 138 Å². The molecular weight excluding hydrogens is 412 g/mol. The first kappa shape index (κ1) is 23.3. The normalized spacial score (nSPS) is 13.0. The summed E-state index contributed by atoms with van der Waals surface area (Å²) in [6, 6.07) is 30.8. The predicted octanol–water partition coefficient (Wildman–Crippen LogP) is 9.35. The van der Waals surface area contributed by atoms with E-state index in [1.807, 2.05) is 0 Å². The zero-order valence-electron chi connectivity index (χ0n) is 20.9. The fraction of sp³-hybridized carbons (Fsp3) is 0.312. The van der Waals surface area contributed by atoms with E-state index >= 15 is 0 Å². The van der Waals surface area contributed by atoms with Crippen LogP contribution in [0.15, 0.2) is 84.9 Å². The van der Waals surface area contributed by atoms with E-state index < -0.39 is 8.07 Å². The fourth-order valence-corrected chi connectivity index (χ4v) is 11.2. The topological polar surface area (TPSA) is 0 Å². The van der Waals surface area contributed by atoms with Crippen LogP contribution in [-0.2, 0) is 0 Å². The lowest BCUT2D eigenvalue weighted by atomic mass is 9.86. The van der Waals surface area contributed by atoms with E-state index in [-0.39, 0.29) is 5.92 Å². The Hall–Kier alpha value is -2.82. The zero-order chi connectivity index (χ0) is 23.6. The maximum Gasteiger partial charge on any atom is 0.146 e. The first-order chi connectivity index (χ1) is 15.9. The molecule has 0 amide bonds. The van der Waals surface area contributed by atoms with Gasteiger partial charge in [0.15, 0.2) is 0 Å². The van der Waals surface area contributed by atoms with Crippen LogP contribution in [0.3, 0.4) is 0 Å². The van der Waals surface area contributed by atoms with Crippen molar-refractivity contribution in [3.05, 3.63) is 96.1 Å². The van der Waals surface area contributed by atoms with Gasteiger partial charge in [0, 0.05) is 0 Å². The Kier molecular flexibility index (Phi) is 6.77. The second-order valence-corrected chi connectivity index (χ2v) is 15.8. The Bertz CT molecular complexity index is 1280. The first-order valence-electron chi connectivity index (χ1n) is 12.3. The van der Waals surface area contributed by atoms with E-state index in [1.165, 1.54) is 32.7 Å². The van der Waals surface area contributed by atoms with Crippen molar-refractivity contribution in [2.24, 2.45) is 0 Å². The molecule has 4 aromatic rings. The molecule has 1 heteroatoms. The van der Waals surface area contributed by atoms with Crippen molar-refractivity contribution < 1.29 is 0 Å². The minimum atomic E-state index is -1.84. The van der Waals surface area contributed by atoms with Crippen molar-refractivity contribution in [1.29, 1.82) is 0 Å². The van der Waals surface area contributed by atoms with Gasteiger partial charge in [-0.25, -0.2) is 0 Å². The lowest BCUT2D eigenvalue weighted by molar-refractivity contribution is 0.838. The second kappa shape index (κ2) is 9.58. The molecule has 4 rings (SSSR count). The zero-order valence-corrected chi connectivity index (χ0v) is 21.9. The first-order valence-corrected chi connectivity index (χ1v) is 14.6. The van der Waals surface area contributed by atoms with Crippen molar-refractivity contribution >= 4 is 29.6 Å². The van der Waals surface area contributed by atoms with Gasteiger partial charge in [-0.1, -0.05) is 126 Å². The SMILES string of the molecule is CC(C)[Si](C#CC(c1ccccc1)c1cc2ccccc2c2ccccc12)(C(C)C)C(C)C. The van der Waals surface area contributed by atoms with Crippen LogP contribution in [0.4, 0.5) is 0 Å². The van der Waals surface area contributed by atoms with E-state index in [1.54, 1.807) is 0 Å². The molecule has 0 N–H and O–H groups in total. The molecule has 0 spiro atoms. The van der Waals surface area contributed by atoms with E-state index in [9.17, 15) is 0 Å². The molecule has 0 aliphatic rings. The molecule has 0 heterocycles. The molecule has 1 unspecified atom stereocenters. The third kappa shape index (κ3) is 4.25. The summed E-state index contributed by atoms with van der Waals surface area (Å²) in [5.41, 5.74) is 8.49. The van der Waals surface area contributed by atoms with Crippen LogP contribution in [0, 0.1) is 11.5 Å². The van der Waals surface area contributed by atoms with Gasteiger partial charge in [0.1, 0.15) is 8.07 Å². The fourth-order valence-electron chi connectivity index (χ4n) is 5.94. The van der Waals surface area contributed by atoms with E-state index in [0.717, 1.165) is 0 Å². The molecule has 1 atom stereocenters. The van der Waals surface area contributed by atoms with Crippen LogP contribution in [0.5, 0.6) is 0 Å². The molecule has 0 saturated heterocycles. The summed E-state index contributed by atoms with van der Waals surface area (Å²) < 4.78 is 0. The van der Waals surface area contributed by atoms with Crippen molar-refractivity contribution in [2.75, 3.05) is 0 Å². The van der Waals surface area contributed by atoms with Gasteiger partial charge in [0.2, 0.25) is 0 Å². The maximum atomic E-state index is 4.03. The number of rotatable bonds is 5. The van der Waals surface area contributed by atoms with Gasteiger partial charge in [-0.3, -0.25) is 0 Å². The molecule has 33 heavy (non-hydrogen) atoms. The molecule has 0 aromatic heterocycles. The molecule has 0 aliphatic carbocycles. The number of fused-ring (bicyclic) bond motifs is 3. The Labute approximate surface area is 201 Å². The van der Waals surface area contributed by atoms with Gasteiger partial charge in [-0.15, -0.1) is 5.54 Å². The van der Waals surface area contributed by atoms with Gasteiger partial charge in [0.05, 0.1) is 5.92 Å². The van der Waals surface area contributed by atoms with Crippen molar-refractivity contribution in [3.8, 4) is 11.5 Å². The van der Waals surface area contributed by atoms with Gasteiger partial charge < -0.3 is 0 Å². The summed E-state index contributed by atoms with van der Waals surface area (Å²) in [5.74, 6) is 3.96. The molecule has 0 bridgehead atoms. The predicted molar refractivity (Wildman–Crippen MR) is 149 cm³/mol. The minimum absolute atomic E-state index is 0.0591. The highest BCUT2D eigenvalue weighted by Crippen LogP contribution is 2.42. The lowest BCUT2D eigenvalue weighted by Crippen LogP contribution is -2.43. The molecule has 0 aliphatic heterocycles. The smallest absolute Gasteiger partial charge is 0.129 e. The van der Waals surface area contributed by atoms with Crippen LogP contribution in [0.1, 0.15) is 58.6 Å². The quantitative estimate of drug-likeness (QED) is 0.162. The average Bonchev–Trinajstić information content (AvgIpc) is 2.81. The van der Waals surface area contributed by atoms with Crippen molar-refractivity contribution in [3.63, 3.8) is 0 Å². The van der Waals surface area contributed by atoms with Gasteiger partial charge in [0.25, 0.3) is 0 Å². The number of hydrogen-bond acceptors (Lipinski definition) is 0. The Morgan fingerprint density at radius 3 is 1.70 bits per heavy atom. The molecule has 0 radical (unpaired) electrons. The summed E-state index contributed by atoms with van der Waals surface area (Å²) in [5, 5.41) is 5.22. The summed E-state index contributed by atoms with van der Waals surface area (Å²) in [4.78, 5) is 0. The second-order valence-electron chi connectivity index (χ2n) is 10.2. The summed E-state index contributed by atoms with van der Waals surface area (Å²) in [7, 11) is -1.84. The molecule has 4 aromatic carbocycles. The molecule has 0 fully saturated rings. The van der Waals surface area contributed by atoms with Crippen molar-refractivity contribution in [2.45, 2.75) is 64.1 Å². The third-order valence-corrected chi connectivity index (χ3v) is 13.9. The Morgan fingerprint density at radius 1 is 0.576 bits per heavy atom. The Morgan fingerprint density at radius 2 is 1.09 bits per heavy atom. The number of benzene rings is 4. The van der Waals surface area contributed by atoms with Crippen LogP contribution < -0.4 is 0 Å². The number of hydrogen-bond donors (Lipinski definition) is 0. The largest absolute Gasteiger partial charge is 0.146 e. The average molecular weight is 449 g/mol. The van der Waals surface area contributed by atoms with Gasteiger partial charge in [-0.05, 0) is 55.4 Å². The van der Waals surface area contributed by atoms with Crippen LogP contribution >= 0.6 is 0 Å². The van der Waals surface area contributed by atoms with Crippen molar-refractivity contribution in [1.82, 2.24) is 0 Å². The third-order valence-electron chi connectivity index (χ3n) is 7.54. The van der Waals surface area contributed by atoms with Crippen LogP contribution in [0.2, 0.25) is 16.6 Å². The van der Waals surface area contributed by atoms with Crippen LogP contribution in [-0.4, -0.2) is 8.07 Å². The monoisotopic (exact) mass is 448 g/mol. The van der Waals surface area contributed by atoms with E-state index in [4.69, 9.17) is 0 Å². The van der Waals surface area contributed by atoms with Gasteiger partial charge in [-0.2, -0.15) is 0 Å². The minimum Gasteiger partial charge on any atom is -0.129 e. The summed E-state index contributed by atoms with van der Waals surface area (Å²) in [6.07, 6.45) is 0.